The van der Waals surface area contributed by atoms with Crippen molar-refractivity contribution in [1.29, 1.82) is 0 Å². The molecule has 0 unspecified atom stereocenters. The highest BCUT2D eigenvalue weighted by Gasteiger charge is 2.25. The normalized spacial score (nSPS) is 15.5. The number of benzene rings is 2. The Kier molecular flexibility index (Phi) is 6.44. The van der Waals surface area contributed by atoms with Gasteiger partial charge in [-0.15, -0.1) is 10.2 Å². The van der Waals surface area contributed by atoms with Gasteiger partial charge in [-0.05, 0) is 35.8 Å². The molecular formula is C24H26N4O2S. The number of nitrogens with zero attached hydrogens (tertiary/aromatic N) is 4. The minimum Gasteiger partial charge on any atom is -0.352 e. The molecule has 7 heteroatoms. The average molecular weight is 435 g/mol. The Morgan fingerprint density at radius 2 is 1.58 bits per heavy atom. The van der Waals surface area contributed by atoms with Crippen molar-refractivity contribution in [1.82, 2.24) is 14.5 Å². The van der Waals surface area contributed by atoms with Crippen molar-refractivity contribution in [3.63, 3.8) is 0 Å². The summed E-state index contributed by atoms with van der Waals surface area (Å²) in [6, 6.07) is 21.7. The van der Waals surface area contributed by atoms with Crippen molar-refractivity contribution in [2.75, 3.05) is 31.1 Å². The van der Waals surface area contributed by atoms with Gasteiger partial charge in [0.1, 0.15) is 0 Å². The molecule has 0 N–H and O–H groups in total. The summed E-state index contributed by atoms with van der Waals surface area (Å²) in [4.78, 5) is 2.07. The fourth-order valence-corrected chi connectivity index (χ4v) is 4.72. The topological polar surface area (TPSA) is 66.4 Å². The van der Waals surface area contributed by atoms with Crippen molar-refractivity contribution in [2.24, 2.45) is 0 Å². The molecule has 0 radical (unpaired) electrons. The molecule has 2 heterocycles. The van der Waals surface area contributed by atoms with Crippen LogP contribution in [0.2, 0.25) is 0 Å². The quantitative estimate of drug-likeness (QED) is 0.590. The third-order valence-electron chi connectivity index (χ3n) is 5.46. The molecule has 2 aromatic carbocycles. The fraction of sp³-hybridized carbons (Fsp3) is 0.250. The van der Waals surface area contributed by atoms with E-state index in [1.165, 1.54) is 15.3 Å². The van der Waals surface area contributed by atoms with Crippen molar-refractivity contribution in [3.8, 4) is 11.3 Å². The number of rotatable bonds is 6. The minimum atomic E-state index is -3.45. The molecule has 6 nitrogen and oxygen atoms in total. The Morgan fingerprint density at radius 1 is 0.871 bits per heavy atom. The SMILES string of the molecule is CCc1ccc(-c2ccc(N3CCN(S(=O)(=O)/C=C\c4ccccc4)CC3)nn2)cc1. The van der Waals surface area contributed by atoms with E-state index in [1.54, 1.807) is 6.08 Å². The van der Waals surface area contributed by atoms with E-state index in [9.17, 15) is 8.42 Å². The third kappa shape index (κ3) is 5.18. The molecule has 1 saturated heterocycles. The summed E-state index contributed by atoms with van der Waals surface area (Å²) in [5.41, 5.74) is 4.03. The van der Waals surface area contributed by atoms with E-state index < -0.39 is 10.0 Å². The van der Waals surface area contributed by atoms with Gasteiger partial charge in [-0.2, -0.15) is 4.31 Å². The molecule has 1 aliphatic rings. The van der Waals surface area contributed by atoms with E-state index in [4.69, 9.17) is 0 Å². The van der Waals surface area contributed by atoms with Gasteiger partial charge in [0, 0.05) is 37.2 Å². The van der Waals surface area contributed by atoms with Crippen molar-refractivity contribution in [2.45, 2.75) is 13.3 Å². The van der Waals surface area contributed by atoms with E-state index in [-0.39, 0.29) is 0 Å². The molecular weight excluding hydrogens is 408 g/mol. The van der Waals surface area contributed by atoms with Crippen LogP contribution in [0.3, 0.4) is 0 Å². The van der Waals surface area contributed by atoms with Gasteiger partial charge in [-0.1, -0.05) is 61.5 Å². The summed E-state index contributed by atoms with van der Waals surface area (Å²) in [6.45, 7) is 4.14. The summed E-state index contributed by atoms with van der Waals surface area (Å²) >= 11 is 0. The Labute approximate surface area is 183 Å². The highest BCUT2D eigenvalue weighted by molar-refractivity contribution is 7.92. The van der Waals surface area contributed by atoms with Crippen LogP contribution in [0, 0.1) is 0 Å². The van der Waals surface area contributed by atoms with E-state index in [0.717, 1.165) is 29.1 Å². The van der Waals surface area contributed by atoms with Gasteiger partial charge >= 0.3 is 0 Å². The van der Waals surface area contributed by atoms with Gasteiger partial charge in [0.15, 0.2) is 5.82 Å². The van der Waals surface area contributed by atoms with E-state index in [2.05, 4.69) is 46.3 Å². The summed E-state index contributed by atoms with van der Waals surface area (Å²) in [7, 11) is -3.45. The van der Waals surface area contributed by atoms with E-state index >= 15 is 0 Å². The van der Waals surface area contributed by atoms with Crippen LogP contribution < -0.4 is 4.90 Å². The highest BCUT2D eigenvalue weighted by atomic mass is 32.2. The minimum absolute atomic E-state index is 0.420. The Bertz CT molecular complexity index is 1120. The smallest absolute Gasteiger partial charge is 0.236 e. The molecule has 1 fully saturated rings. The number of hydrogen-bond acceptors (Lipinski definition) is 5. The summed E-state index contributed by atoms with van der Waals surface area (Å²) in [6.07, 6.45) is 2.65. The molecule has 0 aliphatic carbocycles. The number of hydrogen-bond donors (Lipinski definition) is 0. The highest BCUT2D eigenvalue weighted by Crippen LogP contribution is 2.21. The van der Waals surface area contributed by atoms with Crippen LogP contribution >= 0.6 is 0 Å². The lowest BCUT2D eigenvalue weighted by molar-refractivity contribution is 0.388. The molecule has 160 valence electrons. The first-order chi connectivity index (χ1) is 15.0. The Balaban J connectivity index is 1.37. The summed E-state index contributed by atoms with van der Waals surface area (Å²) in [5, 5.41) is 10.0. The molecule has 0 saturated carbocycles. The van der Waals surface area contributed by atoms with Crippen LogP contribution in [-0.2, 0) is 16.4 Å². The molecule has 1 aliphatic heterocycles. The van der Waals surface area contributed by atoms with Crippen LogP contribution in [0.25, 0.3) is 17.3 Å². The zero-order chi connectivity index (χ0) is 21.7. The lowest BCUT2D eigenvalue weighted by atomic mass is 10.1. The largest absolute Gasteiger partial charge is 0.352 e. The first kappa shape index (κ1) is 21.2. The van der Waals surface area contributed by atoms with Gasteiger partial charge in [0.25, 0.3) is 0 Å². The third-order valence-corrected chi connectivity index (χ3v) is 7.03. The molecule has 3 aromatic rings. The van der Waals surface area contributed by atoms with Crippen molar-refractivity contribution < 1.29 is 8.42 Å². The average Bonchev–Trinajstić information content (AvgIpc) is 2.84. The predicted molar refractivity (Wildman–Crippen MR) is 125 cm³/mol. The van der Waals surface area contributed by atoms with Crippen LogP contribution in [0.4, 0.5) is 5.82 Å². The van der Waals surface area contributed by atoms with Gasteiger partial charge < -0.3 is 4.90 Å². The molecule has 0 bridgehead atoms. The lowest BCUT2D eigenvalue weighted by Crippen LogP contribution is -2.48. The van der Waals surface area contributed by atoms with Crippen molar-refractivity contribution >= 4 is 21.9 Å². The first-order valence-electron chi connectivity index (χ1n) is 10.5. The fourth-order valence-electron chi connectivity index (χ4n) is 3.55. The summed E-state index contributed by atoms with van der Waals surface area (Å²) in [5.74, 6) is 0.769. The second-order valence-electron chi connectivity index (χ2n) is 7.47. The molecule has 0 amide bonds. The zero-order valence-electron chi connectivity index (χ0n) is 17.6. The van der Waals surface area contributed by atoms with Gasteiger partial charge in [-0.3, -0.25) is 0 Å². The molecule has 4 rings (SSSR count). The Morgan fingerprint density at radius 3 is 2.19 bits per heavy atom. The lowest BCUT2D eigenvalue weighted by Gasteiger charge is -2.33. The second-order valence-corrected chi connectivity index (χ2v) is 9.29. The molecule has 31 heavy (non-hydrogen) atoms. The van der Waals surface area contributed by atoms with Crippen LogP contribution in [0.1, 0.15) is 18.1 Å². The van der Waals surface area contributed by atoms with Gasteiger partial charge in [0.2, 0.25) is 10.0 Å². The van der Waals surface area contributed by atoms with Gasteiger partial charge in [0.05, 0.1) is 5.69 Å². The number of aryl methyl sites for hydroxylation is 1. The monoisotopic (exact) mass is 434 g/mol. The number of piperazine rings is 1. The maximum atomic E-state index is 12.6. The maximum Gasteiger partial charge on any atom is 0.236 e. The van der Waals surface area contributed by atoms with Gasteiger partial charge in [-0.25, -0.2) is 8.42 Å². The standard InChI is InChI=1S/C24H26N4O2S/c1-2-20-8-10-22(11-9-20)23-12-13-24(26-25-23)27-15-17-28(18-16-27)31(29,30)19-14-21-6-4-3-5-7-21/h3-14,19H,2,15-18H2,1H3/b19-14-. The van der Waals surface area contributed by atoms with E-state index in [1.807, 2.05) is 42.5 Å². The second kappa shape index (κ2) is 9.41. The number of aromatic nitrogens is 2. The van der Waals surface area contributed by atoms with Crippen LogP contribution in [0.15, 0.2) is 72.1 Å². The summed E-state index contributed by atoms with van der Waals surface area (Å²) < 4.78 is 26.8. The Hall–Kier alpha value is -3.03. The molecule has 0 spiro atoms. The zero-order valence-corrected chi connectivity index (χ0v) is 18.4. The molecule has 0 atom stereocenters. The molecule has 1 aromatic heterocycles. The van der Waals surface area contributed by atoms with Crippen LogP contribution in [0.5, 0.6) is 0 Å². The predicted octanol–water partition coefficient (Wildman–Crippen LogP) is 3.83. The van der Waals surface area contributed by atoms with Crippen LogP contribution in [-0.4, -0.2) is 49.1 Å². The van der Waals surface area contributed by atoms with E-state index in [0.29, 0.717) is 26.2 Å². The number of sulfonamides is 1. The first-order valence-corrected chi connectivity index (χ1v) is 12.0. The number of anilines is 1. The van der Waals surface area contributed by atoms with Crippen molar-refractivity contribution in [3.05, 3.63) is 83.3 Å². The maximum absolute atomic E-state index is 12.6.